The number of nitrogens with zero attached hydrogens (tertiary/aromatic N) is 1. The Morgan fingerprint density at radius 1 is 0.960 bits per heavy atom. The summed E-state index contributed by atoms with van der Waals surface area (Å²) >= 11 is 0. The molecule has 0 saturated heterocycles. The molecule has 4 rings (SSSR count). The molecule has 5 nitrogen and oxygen atoms in total. The number of para-hydroxylation sites is 2. The summed E-state index contributed by atoms with van der Waals surface area (Å²) in [6, 6.07) is 19.5. The highest BCUT2D eigenvalue weighted by molar-refractivity contribution is 5.48. The van der Waals surface area contributed by atoms with Crippen molar-refractivity contribution in [2.75, 3.05) is 6.79 Å². The molecule has 0 radical (unpaired) electrons. The molecule has 0 amide bonds. The van der Waals surface area contributed by atoms with Crippen molar-refractivity contribution in [3.8, 4) is 23.1 Å². The van der Waals surface area contributed by atoms with Crippen molar-refractivity contribution >= 4 is 0 Å². The monoisotopic (exact) mass is 334 g/mol. The fourth-order valence-electron chi connectivity index (χ4n) is 2.70. The van der Waals surface area contributed by atoms with Crippen LogP contribution >= 0.6 is 0 Å². The van der Waals surface area contributed by atoms with Crippen molar-refractivity contribution in [3.63, 3.8) is 0 Å². The van der Waals surface area contributed by atoms with Crippen molar-refractivity contribution < 1.29 is 14.2 Å². The highest BCUT2D eigenvalue weighted by atomic mass is 16.7. The standard InChI is InChI=1S/C20H18N2O3/c1-2-6-17(7-3-1)25-19-11-15(9-10-22-19)12-21-13-16-5-4-8-18-20(16)24-14-23-18/h1-11,21H,12-14H2. The van der Waals surface area contributed by atoms with E-state index in [1.165, 1.54) is 0 Å². The molecule has 0 spiro atoms. The average Bonchev–Trinajstić information content (AvgIpc) is 3.13. The van der Waals surface area contributed by atoms with E-state index >= 15 is 0 Å². The largest absolute Gasteiger partial charge is 0.454 e. The van der Waals surface area contributed by atoms with E-state index in [0.29, 0.717) is 19.0 Å². The van der Waals surface area contributed by atoms with Crippen molar-refractivity contribution in [3.05, 3.63) is 78.0 Å². The van der Waals surface area contributed by atoms with Crippen molar-refractivity contribution in [1.82, 2.24) is 10.3 Å². The lowest BCUT2D eigenvalue weighted by molar-refractivity contribution is 0.173. The lowest BCUT2D eigenvalue weighted by Crippen LogP contribution is -2.13. The molecule has 2 aromatic carbocycles. The quantitative estimate of drug-likeness (QED) is 0.741. The third-order valence-corrected chi connectivity index (χ3v) is 3.89. The number of aromatic nitrogens is 1. The van der Waals surface area contributed by atoms with Crippen LogP contribution in [-0.2, 0) is 13.1 Å². The van der Waals surface area contributed by atoms with Gasteiger partial charge in [-0.3, -0.25) is 0 Å². The third kappa shape index (κ3) is 3.72. The summed E-state index contributed by atoms with van der Waals surface area (Å²) in [4.78, 5) is 4.26. The molecule has 1 aliphatic rings. The highest BCUT2D eigenvalue weighted by Gasteiger charge is 2.16. The summed E-state index contributed by atoms with van der Waals surface area (Å²) in [5, 5.41) is 3.42. The maximum absolute atomic E-state index is 5.77. The zero-order chi connectivity index (χ0) is 16.9. The van der Waals surface area contributed by atoms with Gasteiger partial charge < -0.3 is 19.5 Å². The van der Waals surface area contributed by atoms with E-state index in [-0.39, 0.29) is 6.79 Å². The fourth-order valence-corrected chi connectivity index (χ4v) is 2.70. The van der Waals surface area contributed by atoms with Crippen LogP contribution in [0, 0.1) is 0 Å². The summed E-state index contributed by atoms with van der Waals surface area (Å²) in [6.45, 7) is 1.69. The van der Waals surface area contributed by atoms with Crippen molar-refractivity contribution in [2.24, 2.45) is 0 Å². The van der Waals surface area contributed by atoms with Gasteiger partial charge in [0, 0.05) is 30.9 Å². The van der Waals surface area contributed by atoms with Gasteiger partial charge in [-0.15, -0.1) is 0 Å². The Balaban J connectivity index is 1.37. The van der Waals surface area contributed by atoms with Crippen LogP contribution < -0.4 is 19.5 Å². The molecule has 0 atom stereocenters. The predicted molar refractivity (Wildman–Crippen MR) is 93.9 cm³/mol. The third-order valence-electron chi connectivity index (χ3n) is 3.89. The van der Waals surface area contributed by atoms with Gasteiger partial charge in [0.25, 0.3) is 0 Å². The fraction of sp³-hybridized carbons (Fsp3) is 0.150. The molecule has 2 heterocycles. The summed E-state index contributed by atoms with van der Waals surface area (Å²) in [6.07, 6.45) is 1.76. The maximum atomic E-state index is 5.77. The Morgan fingerprint density at radius 3 is 2.80 bits per heavy atom. The molecule has 0 unspecified atom stereocenters. The molecule has 0 bridgehead atoms. The van der Waals surface area contributed by atoms with E-state index < -0.39 is 0 Å². The number of hydrogen-bond acceptors (Lipinski definition) is 5. The topological polar surface area (TPSA) is 52.6 Å². The Hall–Kier alpha value is -3.05. The lowest BCUT2D eigenvalue weighted by Gasteiger charge is -2.09. The van der Waals surface area contributed by atoms with Crippen LogP contribution in [0.4, 0.5) is 0 Å². The van der Waals surface area contributed by atoms with E-state index in [1.54, 1.807) is 6.20 Å². The van der Waals surface area contributed by atoms with E-state index in [4.69, 9.17) is 14.2 Å². The van der Waals surface area contributed by atoms with Gasteiger partial charge in [0.15, 0.2) is 11.5 Å². The first kappa shape index (κ1) is 15.5. The van der Waals surface area contributed by atoms with Crippen LogP contribution in [0.2, 0.25) is 0 Å². The Labute approximate surface area is 146 Å². The highest BCUT2D eigenvalue weighted by Crippen LogP contribution is 2.35. The van der Waals surface area contributed by atoms with Gasteiger partial charge in [-0.05, 0) is 29.8 Å². The number of fused-ring (bicyclic) bond motifs is 1. The molecular weight excluding hydrogens is 316 g/mol. The number of rotatable bonds is 6. The van der Waals surface area contributed by atoms with Crippen LogP contribution in [-0.4, -0.2) is 11.8 Å². The molecule has 5 heteroatoms. The molecule has 0 aliphatic carbocycles. The lowest BCUT2D eigenvalue weighted by atomic mass is 10.2. The van der Waals surface area contributed by atoms with Crippen LogP contribution in [0.3, 0.4) is 0 Å². The van der Waals surface area contributed by atoms with E-state index in [1.807, 2.05) is 60.7 Å². The number of nitrogens with one attached hydrogen (secondary N) is 1. The molecule has 0 fully saturated rings. The number of pyridine rings is 1. The Bertz CT molecular complexity index is 853. The van der Waals surface area contributed by atoms with Crippen LogP contribution in [0.25, 0.3) is 0 Å². The predicted octanol–water partition coefficient (Wildman–Crippen LogP) is 3.89. The minimum absolute atomic E-state index is 0.289. The van der Waals surface area contributed by atoms with Crippen molar-refractivity contribution in [2.45, 2.75) is 13.1 Å². The second-order valence-electron chi connectivity index (χ2n) is 5.67. The van der Waals surface area contributed by atoms with Crippen LogP contribution in [0.1, 0.15) is 11.1 Å². The second-order valence-corrected chi connectivity index (χ2v) is 5.67. The maximum Gasteiger partial charge on any atom is 0.231 e. The van der Waals surface area contributed by atoms with Gasteiger partial charge >= 0.3 is 0 Å². The van der Waals surface area contributed by atoms with E-state index in [9.17, 15) is 0 Å². The molecule has 0 saturated carbocycles. The average molecular weight is 334 g/mol. The summed E-state index contributed by atoms with van der Waals surface area (Å²) in [5.74, 6) is 3.00. The molecule has 25 heavy (non-hydrogen) atoms. The summed E-state index contributed by atoms with van der Waals surface area (Å²) in [7, 11) is 0. The van der Waals surface area contributed by atoms with Gasteiger partial charge in [-0.1, -0.05) is 30.3 Å². The summed E-state index contributed by atoms with van der Waals surface area (Å²) in [5.41, 5.74) is 2.19. The Morgan fingerprint density at radius 2 is 1.88 bits per heavy atom. The SMILES string of the molecule is c1ccc(Oc2cc(CNCc3cccc4c3OCO4)ccn2)cc1. The van der Waals surface area contributed by atoms with Gasteiger partial charge in [0.1, 0.15) is 5.75 Å². The van der Waals surface area contributed by atoms with Crippen LogP contribution in [0.15, 0.2) is 66.9 Å². The zero-order valence-electron chi connectivity index (χ0n) is 13.6. The molecule has 1 N–H and O–H groups in total. The minimum atomic E-state index is 0.289. The molecular formula is C20H18N2O3. The van der Waals surface area contributed by atoms with Gasteiger partial charge in [-0.25, -0.2) is 4.98 Å². The van der Waals surface area contributed by atoms with Gasteiger partial charge in [-0.2, -0.15) is 0 Å². The first-order chi connectivity index (χ1) is 12.4. The second kappa shape index (κ2) is 7.23. The smallest absolute Gasteiger partial charge is 0.231 e. The Kier molecular flexibility index (Phi) is 4.48. The minimum Gasteiger partial charge on any atom is -0.454 e. The van der Waals surface area contributed by atoms with Gasteiger partial charge in [0.2, 0.25) is 12.7 Å². The van der Waals surface area contributed by atoms with Crippen molar-refractivity contribution in [1.29, 1.82) is 0 Å². The molecule has 3 aromatic rings. The first-order valence-corrected chi connectivity index (χ1v) is 8.14. The number of hydrogen-bond donors (Lipinski definition) is 1. The van der Waals surface area contributed by atoms with Gasteiger partial charge in [0.05, 0.1) is 0 Å². The molecule has 126 valence electrons. The zero-order valence-corrected chi connectivity index (χ0v) is 13.6. The molecule has 1 aromatic heterocycles. The summed E-state index contributed by atoms with van der Waals surface area (Å²) < 4.78 is 16.7. The normalized spacial score (nSPS) is 12.2. The number of benzene rings is 2. The first-order valence-electron chi connectivity index (χ1n) is 8.14. The molecule has 1 aliphatic heterocycles. The van der Waals surface area contributed by atoms with Crippen LogP contribution in [0.5, 0.6) is 23.1 Å². The van der Waals surface area contributed by atoms with E-state index in [2.05, 4.69) is 10.3 Å². The van der Waals surface area contributed by atoms with E-state index in [0.717, 1.165) is 28.4 Å². The number of ether oxygens (including phenoxy) is 3.